The van der Waals surface area contributed by atoms with Gasteiger partial charge in [-0.1, -0.05) is 89.0 Å². The highest BCUT2D eigenvalue weighted by Crippen LogP contribution is 2.32. The van der Waals surface area contributed by atoms with Crippen molar-refractivity contribution in [3.63, 3.8) is 0 Å². The molecule has 0 atom stereocenters. The number of benzene rings is 2. The molecular weight excluding hydrogens is 296 g/mol. The molecule has 0 aromatic heterocycles. The average molecular weight is 328 g/mol. The molecule has 132 valence electrons. The summed E-state index contributed by atoms with van der Waals surface area (Å²) in [6, 6.07) is 11.4. The van der Waals surface area contributed by atoms with Crippen LogP contribution >= 0.6 is 0 Å². The Kier molecular flexibility index (Phi) is 8.51. The van der Waals surface area contributed by atoms with E-state index in [0.717, 1.165) is 29.5 Å². The van der Waals surface area contributed by atoms with E-state index in [2.05, 4.69) is 6.92 Å². The summed E-state index contributed by atoms with van der Waals surface area (Å²) in [6.07, 6.45) is 13.3. The zero-order valence-electron chi connectivity index (χ0n) is 15.1. The molecule has 0 fully saturated rings. The maximum Gasteiger partial charge on any atom is 0.127 e. The van der Waals surface area contributed by atoms with Crippen molar-refractivity contribution >= 4 is 10.8 Å². The van der Waals surface area contributed by atoms with Gasteiger partial charge in [-0.15, -0.1) is 0 Å². The molecule has 0 aliphatic rings. The Morgan fingerprint density at radius 3 is 1.96 bits per heavy atom. The van der Waals surface area contributed by atoms with Gasteiger partial charge in [-0.3, -0.25) is 0 Å². The summed E-state index contributed by atoms with van der Waals surface area (Å²) in [5, 5.41) is 11.7. The number of hydrogen-bond acceptors (Lipinski definition) is 2. The van der Waals surface area contributed by atoms with Crippen LogP contribution in [0.1, 0.15) is 71.1 Å². The molecule has 0 bridgehead atoms. The number of phenolic OH excluding ortho intramolecular Hbond substituents is 1. The molecule has 0 aliphatic heterocycles. The minimum atomic E-state index is 0.317. The standard InChI is InChI=1S/C22H32O2/c1-2-3-4-5-6-7-8-9-10-13-18-24-22-17-16-21(23)19-14-11-12-15-20(19)22/h11-12,14-17,23H,2-10,13,18H2,1H3. The third-order valence-corrected chi connectivity index (χ3v) is 4.62. The normalized spacial score (nSPS) is 11.0. The van der Waals surface area contributed by atoms with E-state index in [1.165, 1.54) is 57.8 Å². The van der Waals surface area contributed by atoms with Crippen LogP contribution in [0.15, 0.2) is 36.4 Å². The van der Waals surface area contributed by atoms with Crippen molar-refractivity contribution in [1.82, 2.24) is 0 Å². The van der Waals surface area contributed by atoms with Crippen LogP contribution in [0.3, 0.4) is 0 Å². The van der Waals surface area contributed by atoms with E-state index < -0.39 is 0 Å². The van der Waals surface area contributed by atoms with Crippen molar-refractivity contribution in [1.29, 1.82) is 0 Å². The van der Waals surface area contributed by atoms with E-state index in [-0.39, 0.29) is 0 Å². The molecule has 2 aromatic rings. The molecule has 2 nitrogen and oxygen atoms in total. The van der Waals surface area contributed by atoms with Crippen molar-refractivity contribution in [2.45, 2.75) is 71.1 Å². The van der Waals surface area contributed by atoms with E-state index in [4.69, 9.17) is 4.74 Å². The van der Waals surface area contributed by atoms with Crippen LogP contribution in [0, 0.1) is 0 Å². The third kappa shape index (κ3) is 6.07. The monoisotopic (exact) mass is 328 g/mol. The molecule has 0 aliphatic carbocycles. The van der Waals surface area contributed by atoms with Crippen LogP contribution in [0.4, 0.5) is 0 Å². The van der Waals surface area contributed by atoms with Crippen LogP contribution in [-0.4, -0.2) is 11.7 Å². The molecule has 2 aromatic carbocycles. The Labute approximate surface area is 146 Å². The van der Waals surface area contributed by atoms with E-state index in [1.807, 2.05) is 30.3 Å². The van der Waals surface area contributed by atoms with Gasteiger partial charge in [0.25, 0.3) is 0 Å². The first-order chi connectivity index (χ1) is 11.8. The fourth-order valence-electron chi connectivity index (χ4n) is 3.15. The first kappa shape index (κ1) is 18.6. The first-order valence-electron chi connectivity index (χ1n) is 9.66. The minimum absolute atomic E-state index is 0.317. The number of rotatable bonds is 12. The molecule has 2 rings (SSSR count). The quantitative estimate of drug-likeness (QED) is 0.432. The lowest BCUT2D eigenvalue weighted by Gasteiger charge is -2.10. The second-order valence-corrected chi connectivity index (χ2v) is 6.66. The molecule has 0 radical (unpaired) electrons. The lowest BCUT2D eigenvalue weighted by Crippen LogP contribution is -1.98. The fraction of sp³-hybridized carbons (Fsp3) is 0.545. The predicted octanol–water partition coefficient (Wildman–Crippen LogP) is 6.85. The Morgan fingerprint density at radius 2 is 1.29 bits per heavy atom. The average Bonchev–Trinajstić information content (AvgIpc) is 2.61. The van der Waals surface area contributed by atoms with Crippen LogP contribution in [0.25, 0.3) is 10.8 Å². The Morgan fingerprint density at radius 1 is 0.708 bits per heavy atom. The van der Waals surface area contributed by atoms with Gasteiger partial charge in [-0.05, 0) is 18.6 Å². The molecule has 0 saturated heterocycles. The topological polar surface area (TPSA) is 29.5 Å². The molecule has 24 heavy (non-hydrogen) atoms. The summed E-state index contributed by atoms with van der Waals surface area (Å²) < 4.78 is 5.94. The molecule has 0 saturated carbocycles. The number of hydrogen-bond donors (Lipinski definition) is 1. The SMILES string of the molecule is CCCCCCCCCCCCOc1ccc(O)c2ccccc12. The van der Waals surface area contributed by atoms with Crippen LogP contribution in [-0.2, 0) is 0 Å². The molecule has 0 unspecified atom stereocenters. The van der Waals surface area contributed by atoms with Crippen LogP contribution < -0.4 is 4.74 Å². The number of aromatic hydroxyl groups is 1. The highest BCUT2D eigenvalue weighted by atomic mass is 16.5. The number of unbranched alkanes of at least 4 members (excludes halogenated alkanes) is 9. The number of ether oxygens (including phenoxy) is 1. The lowest BCUT2D eigenvalue weighted by atomic mass is 10.1. The summed E-state index contributed by atoms with van der Waals surface area (Å²) in [6.45, 7) is 3.02. The largest absolute Gasteiger partial charge is 0.507 e. The summed E-state index contributed by atoms with van der Waals surface area (Å²) in [5.41, 5.74) is 0. The van der Waals surface area contributed by atoms with Gasteiger partial charge in [-0.2, -0.15) is 0 Å². The molecule has 0 spiro atoms. The van der Waals surface area contributed by atoms with Crippen molar-refractivity contribution in [3.8, 4) is 11.5 Å². The minimum Gasteiger partial charge on any atom is -0.507 e. The van der Waals surface area contributed by atoms with Gasteiger partial charge in [0.1, 0.15) is 11.5 Å². The van der Waals surface area contributed by atoms with E-state index in [9.17, 15) is 5.11 Å². The summed E-state index contributed by atoms with van der Waals surface area (Å²) >= 11 is 0. The number of phenols is 1. The van der Waals surface area contributed by atoms with Crippen LogP contribution in [0.2, 0.25) is 0 Å². The zero-order valence-corrected chi connectivity index (χ0v) is 15.1. The molecule has 0 amide bonds. The molecule has 0 heterocycles. The van der Waals surface area contributed by atoms with Gasteiger partial charge in [0.15, 0.2) is 0 Å². The van der Waals surface area contributed by atoms with Crippen molar-refractivity contribution < 1.29 is 9.84 Å². The maximum absolute atomic E-state index is 9.90. The smallest absolute Gasteiger partial charge is 0.127 e. The highest BCUT2D eigenvalue weighted by Gasteiger charge is 2.05. The lowest BCUT2D eigenvalue weighted by molar-refractivity contribution is 0.307. The van der Waals surface area contributed by atoms with Gasteiger partial charge >= 0.3 is 0 Å². The van der Waals surface area contributed by atoms with Gasteiger partial charge in [-0.25, -0.2) is 0 Å². The third-order valence-electron chi connectivity index (χ3n) is 4.62. The summed E-state index contributed by atoms with van der Waals surface area (Å²) in [4.78, 5) is 0. The molecular formula is C22H32O2. The molecule has 1 N–H and O–H groups in total. The fourth-order valence-corrected chi connectivity index (χ4v) is 3.15. The van der Waals surface area contributed by atoms with Gasteiger partial charge in [0.05, 0.1) is 6.61 Å². The van der Waals surface area contributed by atoms with E-state index in [0.29, 0.717) is 5.75 Å². The maximum atomic E-state index is 9.90. The van der Waals surface area contributed by atoms with Gasteiger partial charge in [0, 0.05) is 10.8 Å². The van der Waals surface area contributed by atoms with Crippen molar-refractivity contribution in [2.75, 3.05) is 6.61 Å². The van der Waals surface area contributed by atoms with Crippen molar-refractivity contribution in [3.05, 3.63) is 36.4 Å². The zero-order chi connectivity index (χ0) is 17.0. The van der Waals surface area contributed by atoms with E-state index >= 15 is 0 Å². The van der Waals surface area contributed by atoms with E-state index in [1.54, 1.807) is 6.07 Å². The molecule has 2 heteroatoms. The Hall–Kier alpha value is -1.70. The summed E-state index contributed by atoms with van der Waals surface area (Å²) in [5.74, 6) is 1.19. The first-order valence-corrected chi connectivity index (χ1v) is 9.66. The highest BCUT2D eigenvalue weighted by molar-refractivity contribution is 5.92. The Balaban J connectivity index is 1.59. The number of fused-ring (bicyclic) bond motifs is 1. The predicted molar refractivity (Wildman–Crippen MR) is 103 cm³/mol. The van der Waals surface area contributed by atoms with Crippen LogP contribution in [0.5, 0.6) is 11.5 Å². The summed E-state index contributed by atoms with van der Waals surface area (Å²) in [7, 11) is 0. The second kappa shape index (κ2) is 11.0. The van der Waals surface area contributed by atoms with Crippen molar-refractivity contribution in [2.24, 2.45) is 0 Å². The Bertz CT molecular complexity index is 592. The van der Waals surface area contributed by atoms with Gasteiger partial charge in [0.2, 0.25) is 0 Å². The second-order valence-electron chi connectivity index (χ2n) is 6.66. The van der Waals surface area contributed by atoms with Gasteiger partial charge < -0.3 is 9.84 Å².